The molecule has 148 valence electrons. The number of Topliss-reactive ketones (excluding diaryl/α,β-unsaturated/α-hetero) is 1. The summed E-state index contributed by atoms with van der Waals surface area (Å²) in [7, 11) is 2.53. The predicted octanol–water partition coefficient (Wildman–Crippen LogP) is 3.68. The fourth-order valence-corrected chi connectivity index (χ4v) is 4.95. The third-order valence-corrected chi connectivity index (χ3v) is 6.54. The fourth-order valence-electron chi connectivity index (χ4n) is 4.95. The number of hydrogen-bond donors (Lipinski definition) is 0. The van der Waals surface area contributed by atoms with Gasteiger partial charge in [0.1, 0.15) is 0 Å². The van der Waals surface area contributed by atoms with Crippen molar-refractivity contribution in [1.82, 2.24) is 0 Å². The number of rotatable bonds is 4. The average molecular weight is 382 g/mol. The molecule has 3 rings (SSSR count). The Morgan fingerprint density at radius 3 is 2.00 bits per heavy atom. The van der Waals surface area contributed by atoms with E-state index in [1.165, 1.54) is 14.2 Å². The maximum Gasteiger partial charge on any atom is 0.323 e. The van der Waals surface area contributed by atoms with E-state index in [-0.39, 0.29) is 18.6 Å². The van der Waals surface area contributed by atoms with Crippen molar-refractivity contribution in [2.75, 3.05) is 14.2 Å². The van der Waals surface area contributed by atoms with Crippen molar-refractivity contribution < 1.29 is 23.9 Å². The molecular weight excluding hydrogens is 356 g/mol. The van der Waals surface area contributed by atoms with Gasteiger partial charge in [-0.3, -0.25) is 14.4 Å². The molecule has 2 aliphatic rings. The zero-order valence-corrected chi connectivity index (χ0v) is 17.0. The second-order valence-electron chi connectivity index (χ2n) is 7.58. The van der Waals surface area contributed by atoms with Gasteiger partial charge in [-0.15, -0.1) is 0 Å². The Bertz CT molecular complexity index is 890. The van der Waals surface area contributed by atoms with Gasteiger partial charge in [-0.2, -0.15) is 0 Å². The van der Waals surface area contributed by atoms with Gasteiger partial charge in [0.25, 0.3) is 0 Å². The summed E-state index contributed by atoms with van der Waals surface area (Å²) in [5.74, 6) is -1.21. The van der Waals surface area contributed by atoms with Crippen LogP contribution in [0.5, 0.6) is 0 Å². The first-order chi connectivity index (χ1) is 13.3. The van der Waals surface area contributed by atoms with Crippen molar-refractivity contribution >= 4 is 17.7 Å². The summed E-state index contributed by atoms with van der Waals surface area (Å²) in [6.45, 7) is 5.74. The molecule has 1 unspecified atom stereocenters. The minimum absolute atomic E-state index is 0.0305. The summed E-state index contributed by atoms with van der Waals surface area (Å²) in [6, 6.07) is 9.70. The van der Waals surface area contributed by atoms with Crippen LogP contribution in [0, 0.1) is 5.41 Å². The Kier molecular flexibility index (Phi) is 5.04. The van der Waals surface area contributed by atoms with Gasteiger partial charge in [0.2, 0.25) is 0 Å². The van der Waals surface area contributed by atoms with Gasteiger partial charge >= 0.3 is 11.9 Å². The molecule has 0 amide bonds. The molecule has 1 saturated carbocycles. The minimum atomic E-state index is -1.43. The maximum atomic E-state index is 13.6. The Balaban J connectivity index is 2.26. The zero-order valence-electron chi connectivity index (χ0n) is 17.0. The molecule has 1 fully saturated rings. The van der Waals surface area contributed by atoms with E-state index >= 15 is 0 Å². The van der Waals surface area contributed by atoms with Crippen LogP contribution < -0.4 is 0 Å². The zero-order chi connectivity index (χ0) is 20.7. The van der Waals surface area contributed by atoms with Crippen molar-refractivity contribution in [3.05, 3.63) is 58.2 Å². The third kappa shape index (κ3) is 2.49. The molecule has 1 aromatic rings. The molecule has 5 nitrogen and oxygen atoms in total. The summed E-state index contributed by atoms with van der Waals surface area (Å²) >= 11 is 0. The van der Waals surface area contributed by atoms with Crippen molar-refractivity contribution in [2.24, 2.45) is 5.41 Å². The normalized spacial score (nSPS) is 23.5. The average Bonchev–Trinajstić information content (AvgIpc) is 3.15. The van der Waals surface area contributed by atoms with Gasteiger partial charge in [-0.05, 0) is 49.0 Å². The molecule has 5 heteroatoms. The SMILES string of the molecule is CCC1(c2ccccc2)C(=O)C(C)=C2CC(C(=O)OC)(C(=O)OC)CC2=C1C. The van der Waals surface area contributed by atoms with Crippen LogP contribution in [0.25, 0.3) is 0 Å². The van der Waals surface area contributed by atoms with Crippen molar-refractivity contribution in [2.45, 2.75) is 45.4 Å². The highest BCUT2D eigenvalue weighted by Gasteiger charge is 2.58. The van der Waals surface area contributed by atoms with Crippen LogP contribution in [-0.4, -0.2) is 31.9 Å². The lowest BCUT2D eigenvalue weighted by molar-refractivity contribution is -0.168. The fraction of sp³-hybridized carbons (Fsp3) is 0.435. The summed E-state index contributed by atoms with van der Waals surface area (Å²) in [5, 5.41) is 0. The number of benzene rings is 1. The lowest BCUT2D eigenvalue weighted by Gasteiger charge is -2.38. The number of allylic oxidation sites excluding steroid dienone is 4. The van der Waals surface area contributed by atoms with Gasteiger partial charge in [0.05, 0.1) is 19.6 Å². The molecule has 2 aliphatic carbocycles. The number of carbonyl (C=O) groups excluding carboxylic acids is 3. The Morgan fingerprint density at radius 1 is 0.964 bits per heavy atom. The van der Waals surface area contributed by atoms with E-state index in [0.29, 0.717) is 12.0 Å². The number of fused-ring (bicyclic) bond motifs is 1. The second kappa shape index (κ2) is 7.04. The topological polar surface area (TPSA) is 69.7 Å². The molecule has 0 saturated heterocycles. The van der Waals surface area contributed by atoms with Crippen LogP contribution in [0.15, 0.2) is 52.6 Å². The molecular formula is C23H26O5. The Morgan fingerprint density at radius 2 is 1.50 bits per heavy atom. The first kappa shape index (κ1) is 20.1. The highest BCUT2D eigenvalue weighted by atomic mass is 16.5. The molecule has 28 heavy (non-hydrogen) atoms. The molecule has 0 heterocycles. The van der Waals surface area contributed by atoms with Gasteiger partial charge in [-0.1, -0.05) is 42.8 Å². The summed E-state index contributed by atoms with van der Waals surface area (Å²) < 4.78 is 9.91. The highest BCUT2D eigenvalue weighted by molar-refractivity contribution is 6.10. The van der Waals surface area contributed by atoms with E-state index in [4.69, 9.17) is 9.47 Å². The lowest BCUT2D eigenvalue weighted by atomic mass is 9.63. The molecule has 0 bridgehead atoms. The number of ketones is 1. The van der Waals surface area contributed by atoms with Crippen molar-refractivity contribution in [3.63, 3.8) is 0 Å². The monoisotopic (exact) mass is 382 g/mol. The van der Waals surface area contributed by atoms with Crippen molar-refractivity contribution in [1.29, 1.82) is 0 Å². The summed E-state index contributed by atoms with van der Waals surface area (Å²) in [4.78, 5) is 38.8. The number of methoxy groups -OCH3 is 2. The lowest BCUT2D eigenvalue weighted by Crippen LogP contribution is -2.40. The van der Waals surface area contributed by atoms with E-state index < -0.39 is 22.8 Å². The van der Waals surface area contributed by atoms with E-state index in [1.54, 1.807) is 6.92 Å². The van der Waals surface area contributed by atoms with Crippen LogP contribution in [0.3, 0.4) is 0 Å². The van der Waals surface area contributed by atoms with Crippen LogP contribution in [0.2, 0.25) is 0 Å². The largest absolute Gasteiger partial charge is 0.468 e. The van der Waals surface area contributed by atoms with Gasteiger partial charge < -0.3 is 9.47 Å². The van der Waals surface area contributed by atoms with Crippen LogP contribution in [0.4, 0.5) is 0 Å². The van der Waals surface area contributed by atoms with Crippen LogP contribution in [0.1, 0.15) is 45.6 Å². The maximum absolute atomic E-state index is 13.6. The number of ether oxygens (including phenoxy) is 2. The quantitative estimate of drug-likeness (QED) is 0.587. The van der Waals surface area contributed by atoms with Gasteiger partial charge in [-0.25, -0.2) is 0 Å². The van der Waals surface area contributed by atoms with E-state index in [9.17, 15) is 14.4 Å². The first-order valence-corrected chi connectivity index (χ1v) is 9.47. The Labute approximate surface area is 165 Å². The predicted molar refractivity (Wildman–Crippen MR) is 105 cm³/mol. The Hall–Kier alpha value is -2.69. The summed E-state index contributed by atoms with van der Waals surface area (Å²) in [6.07, 6.45) is 0.914. The second-order valence-corrected chi connectivity index (χ2v) is 7.58. The molecule has 0 aliphatic heterocycles. The molecule has 0 N–H and O–H groups in total. The smallest absolute Gasteiger partial charge is 0.323 e. The van der Waals surface area contributed by atoms with E-state index in [0.717, 1.165) is 22.3 Å². The first-order valence-electron chi connectivity index (χ1n) is 9.47. The molecule has 0 aromatic heterocycles. The molecule has 0 radical (unpaired) electrons. The van der Waals surface area contributed by atoms with Gasteiger partial charge in [0.15, 0.2) is 11.2 Å². The number of esters is 2. The van der Waals surface area contributed by atoms with Crippen LogP contribution >= 0.6 is 0 Å². The minimum Gasteiger partial charge on any atom is -0.468 e. The standard InChI is InChI=1S/C23H26O5/c1-6-23(16-10-8-7-9-11-16)15(3)18-13-22(20(25)27-4,21(26)28-5)12-17(18)14(2)19(23)24/h7-11H,6,12-13H2,1-5H3. The molecule has 0 spiro atoms. The molecule has 1 aromatic carbocycles. The molecule has 1 atom stereocenters. The summed E-state index contributed by atoms with van der Waals surface area (Å²) in [5.41, 5.74) is 1.91. The van der Waals surface area contributed by atoms with E-state index in [2.05, 4.69) is 0 Å². The highest BCUT2D eigenvalue weighted by Crippen LogP contribution is 2.55. The number of carbonyl (C=O) groups is 3. The van der Waals surface area contributed by atoms with Crippen LogP contribution in [-0.2, 0) is 29.3 Å². The van der Waals surface area contributed by atoms with Crippen molar-refractivity contribution in [3.8, 4) is 0 Å². The van der Waals surface area contributed by atoms with E-state index in [1.807, 2.05) is 44.2 Å². The third-order valence-electron chi connectivity index (χ3n) is 6.54. The van der Waals surface area contributed by atoms with Gasteiger partial charge in [0, 0.05) is 6.42 Å². The number of hydrogen-bond acceptors (Lipinski definition) is 5.